The summed E-state index contributed by atoms with van der Waals surface area (Å²) in [5.41, 5.74) is 9.01. The highest BCUT2D eigenvalue weighted by molar-refractivity contribution is 6.30. The highest BCUT2D eigenvalue weighted by Gasteiger charge is 2.09. The zero-order valence-corrected chi connectivity index (χ0v) is 12.0. The third-order valence-corrected chi connectivity index (χ3v) is 3.38. The van der Waals surface area contributed by atoms with Crippen molar-refractivity contribution in [2.75, 3.05) is 0 Å². The summed E-state index contributed by atoms with van der Waals surface area (Å²) in [5, 5.41) is 0.746. The Morgan fingerprint density at radius 3 is 2.52 bits per heavy atom. The fraction of sp³-hybridized carbons (Fsp3) is 0.133. The van der Waals surface area contributed by atoms with Crippen molar-refractivity contribution >= 4 is 22.6 Å². The van der Waals surface area contributed by atoms with Gasteiger partial charge in [-0.3, -0.25) is 9.41 Å². The minimum absolute atomic E-state index is 0. The van der Waals surface area contributed by atoms with Crippen molar-refractivity contribution in [1.29, 1.82) is 0 Å². The summed E-state index contributed by atoms with van der Waals surface area (Å²) in [6, 6.07) is 15.9. The van der Waals surface area contributed by atoms with Gasteiger partial charge in [0.25, 0.3) is 0 Å². The minimum atomic E-state index is 0. The van der Waals surface area contributed by atoms with Crippen LogP contribution in [0.15, 0.2) is 48.5 Å². The number of rotatable bonds is 3. The first kappa shape index (κ1) is 17.1. The Morgan fingerprint density at radius 1 is 1.05 bits per heavy atom. The van der Waals surface area contributed by atoms with Gasteiger partial charge in [-0.2, -0.15) is 0 Å². The van der Waals surface area contributed by atoms with Crippen LogP contribution in [0.25, 0.3) is 11.0 Å². The van der Waals surface area contributed by atoms with E-state index in [1.165, 1.54) is 0 Å². The van der Waals surface area contributed by atoms with Gasteiger partial charge >= 0.3 is 0 Å². The summed E-state index contributed by atoms with van der Waals surface area (Å²) in [4.78, 5) is 4.55. The van der Waals surface area contributed by atoms with Gasteiger partial charge in [0.1, 0.15) is 5.82 Å². The van der Waals surface area contributed by atoms with E-state index in [-0.39, 0.29) is 9.41 Å². The number of fused-ring (bicyclic) bond motifs is 1. The first-order valence-corrected chi connectivity index (χ1v) is 6.54. The van der Waals surface area contributed by atoms with Crippen LogP contribution >= 0.6 is 11.6 Å². The molecule has 1 heterocycles. The molecule has 0 aliphatic heterocycles. The van der Waals surface area contributed by atoms with E-state index < -0.39 is 0 Å². The molecule has 21 heavy (non-hydrogen) atoms. The van der Waals surface area contributed by atoms with Crippen molar-refractivity contribution in [3.05, 3.63) is 64.9 Å². The van der Waals surface area contributed by atoms with Gasteiger partial charge in [0.05, 0.1) is 17.6 Å². The molecule has 3 rings (SSSR count). The second kappa shape index (κ2) is 7.15. The van der Waals surface area contributed by atoms with Gasteiger partial charge in [0.2, 0.25) is 0 Å². The number of para-hydroxylation sites is 2. The molecule has 0 spiro atoms. The van der Waals surface area contributed by atoms with Crippen molar-refractivity contribution in [2.45, 2.75) is 13.1 Å². The number of aromatic nitrogens is 2. The molecule has 0 aliphatic carbocycles. The normalized spacial score (nSPS) is 10.0. The van der Waals surface area contributed by atoms with Crippen LogP contribution in [0.1, 0.15) is 11.4 Å². The van der Waals surface area contributed by atoms with Crippen molar-refractivity contribution in [3.8, 4) is 0 Å². The zero-order chi connectivity index (χ0) is 13.2. The number of hydrogen-bond acceptors (Lipinski definition) is 2. The molecular formula is C15H16ClF2N3. The quantitative estimate of drug-likeness (QED) is 0.804. The van der Waals surface area contributed by atoms with Crippen LogP contribution in [-0.2, 0) is 13.1 Å². The van der Waals surface area contributed by atoms with E-state index in [9.17, 15) is 0 Å². The SMILES string of the molecule is F.F.NCc1nc2ccccc2n1Cc1cccc(Cl)c1. The largest absolute Gasteiger partial charge is 0.324 e. The fourth-order valence-corrected chi connectivity index (χ4v) is 2.49. The van der Waals surface area contributed by atoms with Crippen LogP contribution in [0.5, 0.6) is 0 Å². The van der Waals surface area contributed by atoms with Gasteiger partial charge in [-0.1, -0.05) is 35.9 Å². The summed E-state index contributed by atoms with van der Waals surface area (Å²) in [5.74, 6) is 0.890. The predicted molar refractivity (Wildman–Crippen MR) is 83.2 cm³/mol. The van der Waals surface area contributed by atoms with Gasteiger partial charge in [0.15, 0.2) is 0 Å². The molecule has 1 aromatic heterocycles. The van der Waals surface area contributed by atoms with Crippen LogP contribution in [-0.4, -0.2) is 9.55 Å². The smallest absolute Gasteiger partial charge is 0.123 e. The highest BCUT2D eigenvalue weighted by atomic mass is 35.5. The third-order valence-electron chi connectivity index (χ3n) is 3.15. The molecule has 2 aromatic carbocycles. The molecule has 0 saturated heterocycles. The molecule has 0 fully saturated rings. The maximum atomic E-state index is 6.03. The molecule has 0 unspecified atom stereocenters. The van der Waals surface area contributed by atoms with E-state index in [4.69, 9.17) is 17.3 Å². The maximum absolute atomic E-state index is 6.03. The summed E-state index contributed by atoms with van der Waals surface area (Å²) < 4.78 is 2.14. The fourth-order valence-electron chi connectivity index (χ4n) is 2.28. The molecular weight excluding hydrogens is 296 g/mol. The molecule has 0 saturated carbocycles. The van der Waals surface area contributed by atoms with Crippen molar-refractivity contribution < 1.29 is 9.41 Å². The summed E-state index contributed by atoms with van der Waals surface area (Å²) in [6.45, 7) is 1.16. The van der Waals surface area contributed by atoms with E-state index in [0.717, 1.165) is 34.0 Å². The van der Waals surface area contributed by atoms with Crippen LogP contribution < -0.4 is 5.73 Å². The Bertz CT molecular complexity index is 728. The Hall–Kier alpha value is -1.98. The third kappa shape index (κ3) is 3.37. The van der Waals surface area contributed by atoms with E-state index in [0.29, 0.717) is 6.54 Å². The Kier molecular flexibility index (Phi) is 5.81. The van der Waals surface area contributed by atoms with Crippen molar-refractivity contribution in [3.63, 3.8) is 0 Å². The van der Waals surface area contributed by atoms with E-state index in [2.05, 4.69) is 21.7 Å². The molecule has 0 amide bonds. The number of nitrogens with two attached hydrogens (primary N) is 1. The second-order valence-corrected chi connectivity index (χ2v) is 4.87. The van der Waals surface area contributed by atoms with E-state index >= 15 is 0 Å². The molecule has 0 aliphatic rings. The highest BCUT2D eigenvalue weighted by Crippen LogP contribution is 2.19. The number of halogens is 3. The predicted octanol–water partition coefficient (Wildman–Crippen LogP) is 3.50. The molecule has 0 atom stereocenters. The average Bonchev–Trinajstić information content (AvgIpc) is 2.77. The molecule has 3 aromatic rings. The van der Waals surface area contributed by atoms with Gasteiger partial charge in [-0.15, -0.1) is 0 Å². The number of benzene rings is 2. The van der Waals surface area contributed by atoms with Crippen LogP contribution in [0, 0.1) is 0 Å². The number of nitrogens with zero attached hydrogens (tertiary/aromatic N) is 2. The van der Waals surface area contributed by atoms with Gasteiger partial charge < -0.3 is 10.3 Å². The molecule has 3 nitrogen and oxygen atoms in total. The summed E-state index contributed by atoms with van der Waals surface area (Å²) >= 11 is 6.03. The van der Waals surface area contributed by atoms with E-state index in [1.807, 2.05) is 36.4 Å². The van der Waals surface area contributed by atoms with E-state index in [1.54, 1.807) is 0 Å². The lowest BCUT2D eigenvalue weighted by molar-refractivity contribution is 0.744. The van der Waals surface area contributed by atoms with Crippen LogP contribution in [0.3, 0.4) is 0 Å². The first-order valence-electron chi connectivity index (χ1n) is 6.16. The molecule has 0 radical (unpaired) electrons. The van der Waals surface area contributed by atoms with Gasteiger partial charge in [-0.25, -0.2) is 4.98 Å². The van der Waals surface area contributed by atoms with Crippen LogP contribution in [0.4, 0.5) is 9.41 Å². The minimum Gasteiger partial charge on any atom is -0.324 e. The van der Waals surface area contributed by atoms with Gasteiger partial charge in [-0.05, 0) is 29.8 Å². The average molecular weight is 312 g/mol. The van der Waals surface area contributed by atoms with Crippen molar-refractivity contribution in [1.82, 2.24) is 9.55 Å². The first-order chi connectivity index (χ1) is 9.28. The lowest BCUT2D eigenvalue weighted by Gasteiger charge is -2.08. The summed E-state index contributed by atoms with van der Waals surface area (Å²) in [6.07, 6.45) is 0. The number of imidazole rings is 1. The molecule has 6 heteroatoms. The molecule has 0 bridgehead atoms. The Balaban J connectivity index is 0.00000110. The standard InChI is InChI=1S/C15H14ClN3.2FH/c16-12-5-3-4-11(8-12)10-19-14-7-2-1-6-13(14)18-15(19)9-17;;/h1-8H,9-10,17H2;2*1H. The lowest BCUT2D eigenvalue weighted by Crippen LogP contribution is -2.09. The lowest BCUT2D eigenvalue weighted by atomic mass is 10.2. The number of hydrogen-bond donors (Lipinski definition) is 1. The molecule has 112 valence electrons. The Labute approximate surface area is 126 Å². The summed E-state index contributed by atoms with van der Waals surface area (Å²) in [7, 11) is 0. The topological polar surface area (TPSA) is 43.8 Å². The molecule has 2 N–H and O–H groups in total. The second-order valence-electron chi connectivity index (χ2n) is 4.44. The Morgan fingerprint density at radius 2 is 1.81 bits per heavy atom. The van der Waals surface area contributed by atoms with Gasteiger partial charge in [0, 0.05) is 11.6 Å². The monoisotopic (exact) mass is 311 g/mol. The van der Waals surface area contributed by atoms with Crippen molar-refractivity contribution in [2.24, 2.45) is 5.73 Å². The zero-order valence-electron chi connectivity index (χ0n) is 11.2. The van der Waals surface area contributed by atoms with Crippen LogP contribution in [0.2, 0.25) is 5.02 Å². The maximum Gasteiger partial charge on any atom is 0.123 e.